The first kappa shape index (κ1) is 14.6. The minimum absolute atomic E-state index is 0.315. The quantitative estimate of drug-likeness (QED) is 0.749. The highest BCUT2D eigenvalue weighted by atomic mass is 79.9. The Labute approximate surface area is 134 Å². The second-order valence-corrected chi connectivity index (χ2v) is 5.73. The van der Waals surface area contributed by atoms with Crippen molar-refractivity contribution in [1.29, 1.82) is 0 Å². The molecule has 0 aliphatic heterocycles. The van der Waals surface area contributed by atoms with Crippen LogP contribution in [0.1, 0.15) is 16.1 Å². The number of nitrogens with one attached hydrogen (secondary N) is 1. The van der Waals surface area contributed by atoms with Gasteiger partial charge in [-0.1, -0.05) is 0 Å². The maximum Gasteiger partial charge on any atom is 0.257 e. The number of aryl methyl sites for hydroxylation is 1. The molecule has 0 unspecified atom stereocenters. The number of anilines is 1. The first-order valence-corrected chi connectivity index (χ1v) is 7.31. The number of halogens is 2. The Balaban J connectivity index is 2.03. The first-order chi connectivity index (χ1) is 10.5. The van der Waals surface area contributed by atoms with Crippen LogP contribution < -0.4 is 5.32 Å². The van der Waals surface area contributed by atoms with Crippen LogP contribution in [0.2, 0.25) is 0 Å². The van der Waals surface area contributed by atoms with E-state index in [0.717, 1.165) is 5.69 Å². The molecule has 3 aromatic rings. The summed E-state index contributed by atoms with van der Waals surface area (Å²) >= 11 is 3.27. The SMILES string of the molecule is Cc1cc(NC(=O)c2cncc(Br)c2)c2cc(F)ccc2n1. The molecule has 0 fully saturated rings. The van der Waals surface area contributed by atoms with E-state index in [9.17, 15) is 9.18 Å². The molecule has 1 aromatic carbocycles. The van der Waals surface area contributed by atoms with Crippen molar-refractivity contribution in [3.63, 3.8) is 0 Å². The van der Waals surface area contributed by atoms with Crippen molar-refractivity contribution in [2.75, 3.05) is 5.32 Å². The summed E-state index contributed by atoms with van der Waals surface area (Å²) in [6.45, 7) is 1.82. The van der Waals surface area contributed by atoms with E-state index in [-0.39, 0.29) is 11.7 Å². The number of amides is 1. The molecule has 6 heteroatoms. The standard InChI is InChI=1S/C16H11BrFN3O/c1-9-4-15(13-6-12(18)2-3-14(13)20-9)21-16(22)10-5-11(17)8-19-7-10/h2-8H,1H3,(H,20,21,22). The van der Waals surface area contributed by atoms with Gasteiger partial charge in [0.2, 0.25) is 0 Å². The third-order valence-corrected chi connectivity index (χ3v) is 3.55. The number of pyridine rings is 2. The molecule has 0 aliphatic carbocycles. The Morgan fingerprint density at radius 1 is 1.23 bits per heavy atom. The third kappa shape index (κ3) is 2.96. The summed E-state index contributed by atoms with van der Waals surface area (Å²) in [6, 6.07) is 7.67. The van der Waals surface area contributed by atoms with Crippen LogP contribution >= 0.6 is 15.9 Å². The highest BCUT2D eigenvalue weighted by molar-refractivity contribution is 9.10. The van der Waals surface area contributed by atoms with E-state index in [2.05, 4.69) is 31.2 Å². The topological polar surface area (TPSA) is 54.9 Å². The summed E-state index contributed by atoms with van der Waals surface area (Å²) < 4.78 is 14.2. The predicted molar refractivity (Wildman–Crippen MR) is 86.3 cm³/mol. The largest absolute Gasteiger partial charge is 0.321 e. The molecule has 1 N–H and O–H groups in total. The van der Waals surface area contributed by atoms with E-state index >= 15 is 0 Å². The van der Waals surface area contributed by atoms with E-state index in [1.165, 1.54) is 18.3 Å². The van der Waals surface area contributed by atoms with E-state index in [4.69, 9.17) is 0 Å². The first-order valence-electron chi connectivity index (χ1n) is 6.52. The monoisotopic (exact) mass is 359 g/mol. The van der Waals surface area contributed by atoms with Crippen LogP contribution in [0.4, 0.5) is 10.1 Å². The minimum Gasteiger partial charge on any atom is -0.321 e. The van der Waals surface area contributed by atoms with Crippen LogP contribution in [-0.4, -0.2) is 15.9 Å². The van der Waals surface area contributed by atoms with E-state index in [1.807, 2.05) is 6.92 Å². The zero-order valence-electron chi connectivity index (χ0n) is 11.6. The number of nitrogens with zero attached hydrogens (tertiary/aromatic N) is 2. The smallest absolute Gasteiger partial charge is 0.257 e. The van der Waals surface area contributed by atoms with Crippen molar-refractivity contribution in [2.24, 2.45) is 0 Å². The van der Waals surface area contributed by atoms with Gasteiger partial charge in [-0.15, -0.1) is 0 Å². The van der Waals surface area contributed by atoms with Crippen molar-refractivity contribution in [2.45, 2.75) is 6.92 Å². The van der Waals surface area contributed by atoms with Crippen LogP contribution in [-0.2, 0) is 0 Å². The molecular weight excluding hydrogens is 349 g/mol. The van der Waals surface area contributed by atoms with Crippen molar-refractivity contribution in [1.82, 2.24) is 9.97 Å². The Kier molecular flexibility index (Phi) is 3.85. The summed E-state index contributed by atoms with van der Waals surface area (Å²) in [5.74, 6) is -0.692. The van der Waals surface area contributed by atoms with Gasteiger partial charge < -0.3 is 5.32 Å². The molecule has 2 aromatic heterocycles. The van der Waals surface area contributed by atoms with Gasteiger partial charge in [-0.25, -0.2) is 4.39 Å². The van der Waals surface area contributed by atoms with Gasteiger partial charge in [0.25, 0.3) is 5.91 Å². The Hall–Kier alpha value is -2.34. The molecule has 0 spiro atoms. The van der Waals surface area contributed by atoms with Gasteiger partial charge in [0.1, 0.15) is 5.82 Å². The Morgan fingerprint density at radius 2 is 2.05 bits per heavy atom. The Bertz CT molecular complexity index is 882. The fourth-order valence-electron chi connectivity index (χ4n) is 2.16. The highest BCUT2D eigenvalue weighted by Gasteiger charge is 2.11. The summed E-state index contributed by atoms with van der Waals surface area (Å²) in [5, 5.41) is 3.35. The second-order valence-electron chi connectivity index (χ2n) is 4.82. The van der Waals surface area contributed by atoms with Crippen LogP contribution in [0.15, 0.2) is 47.2 Å². The molecular formula is C16H11BrFN3O. The molecule has 22 heavy (non-hydrogen) atoms. The molecule has 0 saturated carbocycles. The van der Waals surface area contributed by atoms with Gasteiger partial charge in [0, 0.05) is 27.9 Å². The molecule has 4 nitrogen and oxygen atoms in total. The van der Waals surface area contributed by atoms with Gasteiger partial charge in [-0.3, -0.25) is 14.8 Å². The third-order valence-electron chi connectivity index (χ3n) is 3.11. The molecule has 0 saturated heterocycles. The maximum atomic E-state index is 13.5. The molecule has 0 atom stereocenters. The van der Waals surface area contributed by atoms with E-state index < -0.39 is 0 Å². The average molecular weight is 360 g/mol. The van der Waals surface area contributed by atoms with Crippen LogP contribution in [0.3, 0.4) is 0 Å². The maximum absolute atomic E-state index is 13.5. The predicted octanol–water partition coefficient (Wildman–Crippen LogP) is 4.09. The van der Waals surface area contributed by atoms with E-state index in [0.29, 0.717) is 26.6 Å². The molecule has 110 valence electrons. The molecule has 0 radical (unpaired) electrons. The number of hydrogen-bond donors (Lipinski definition) is 1. The molecule has 0 aliphatic rings. The van der Waals surface area contributed by atoms with Gasteiger partial charge in [-0.2, -0.15) is 0 Å². The lowest BCUT2D eigenvalue weighted by Gasteiger charge is -2.10. The fourth-order valence-corrected chi connectivity index (χ4v) is 2.53. The number of benzene rings is 1. The average Bonchev–Trinajstić information content (AvgIpc) is 2.48. The van der Waals surface area contributed by atoms with Crippen molar-refractivity contribution in [3.8, 4) is 0 Å². The lowest BCUT2D eigenvalue weighted by molar-refractivity contribution is 0.102. The van der Waals surface area contributed by atoms with Gasteiger partial charge in [-0.05, 0) is 53.2 Å². The van der Waals surface area contributed by atoms with Crippen LogP contribution in [0.5, 0.6) is 0 Å². The summed E-state index contributed by atoms with van der Waals surface area (Å²) in [7, 11) is 0. The Morgan fingerprint density at radius 3 is 2.82 bits per heavy atom. The number of carbonyl (C=O) groups is 1. The number of rotatable bonds is 2. The molecule has 1 amide bonds. The zero-order chi connectivity index (χ0) is 15.7. The minimum atomic E-state index is -0.377. The van der Waals surface area contributed by atoms with Gasteiger partial charge in [0.15, 0.2) is 0 Å². The molecule has 3 rings (SSSR count). The summed E-state index contributed by atoms with van der Waals surface area (Å²) in [4.78, 5) is 20.6. The highest BCUT2D eigenvalue weighted by Crippen LogP contribution is 2.24. The lowest BCUT2D eigenvalue weighted by atomic mass is 10.1. The number of fused-ring (bicyclic) bond motifs is 1. The summed E-state index contributed by atoms with van der Waals surface area (Å²) in [6.07, 6.45) is 3.06. The van der Waals surface area contributed by atoms with E-state index in [1.54, 1.807) is 24.4 Å². The number of hydrogen-bond acceptors (Lipinski definition) is 3. The molecule has 2 heterocycles. The lowest BCUT2D eigenvalue weighted by Crippen LogP contribution is -2.13. The van der Waals surface area contributed by atoms with Gasteiger partial charge >= 0.3 is 0 Å². The number of aromatic nitrogens is 2. The number of carbonyl (C=O) groups excluding carboxylic acids is 1. The molecule has 0 bridgehead atoms. The van der Waals surface area contributed by atoms with Crippen molar-refractivity contribution in [3.05, 3.63) is 64.3 Å². The second kappa shape index (κ2) is 5.81. The van der Waals surface area contributed by atoms with Crippen molar-refractivity contribution < 1.29 is 9.18 Å². The van der Waals surface area contributed by atoms with Crippen LogP contribution in [0.25, 0.3) is 10.9 Å². The zero-order valence-corrected chi connectivity index (χ0v) is 13.2. The summed E-state index contributed by atoms with van der Waals surface area (Å²) in [5.41, 5.74) is 2.30. The van der Waals surface area contributed by atoms with Gasteiger partial charge in [0.05, 0.1) is 16.8 Å². The normalized spacial score (nSPS) is 10.7. The van der Waals surface area contributed by atoms with Crippen LogP contribution in [0, 0.1) is 12.7 Å². The van der Waals surface area contributed by atoms with Crippen molar-refractivity contribution >= 4 is 38.4 Å². The fraction of sp³-hybridized carbons (Fsp3) is 0.0625.